The van der Waals surface area contributed by atoms with Crippen LogP contribution in [-0.2, 0) is 4.74 Å². The fourth-order valence-electron chi connectivity index (χ4n) is 3.00. The van der Waals surface area contributed by atoms with E-state index in [0.29, 0.717) is 17.7 Å². The Bertz CT molecular complexity index is 1040. The van der Waals surface area contributed by atoms with Crippen LogP contribution in [0.5, 0.6) is 0 Å². The SMILES string of the molecule is CCOC(=O)c1ccc(-n2c(C)cc(/C=N\NC(=O)c3cccnc3)c2C)cc1. The third kappa shape index (κ3) is 4.57. The van der Waals surface area contributed by atoms with Gasteiger partial charge in [-0.05, 0) is 63.2 Å². The second-order valence-corrected chi connectivity index (χ2v) is 6.37. The lowest BCUT2D eigenvalue weighted by molar-refractivity contribution is 0.0526. The quantitative estimate of drug-likeness (QED) is 0.397. The van der Waals surface area contributed by atoms with E-state index in [1.807, 2.05) is 32.0 Å². The summed E-state index contributed by atoms with van der Waals surface area (Å²) < 4.78 is 7.07. The molecule has 0 fully saturated rings. The van der Waals surface area contributed by atoms with E-state index in [0.717, 1.165) is 22.6 Å². The molecule has 0 aliphatic rings. The fraction of sp³-hybridized carbons (Fsp3) is 0.182. The van der Waals surface area contributed by atoms with Crippen LogP contribution in [0.3, 0.4) is 0 Å². The molecule has 7 nitrogen and oxygen atoms in total. The Hall–Kier alpha value is -3.74. The van der Waals surface area contributed by atoms with E-state index in [1.165, 1.54) is 6.20 Å². The van der Waals surface area contributed by atoms with Crippen LogP contribution in [-0.4, -0.2) is 34.2 Å². The maximum atomic E-state index is 12.0. The molecule has 2 heterocycles. The zero-order valence-electron chi connectivity index (χ0n) is 16.5. The molecule has 0 radical (unpaired) electrons. The largest absolute Gasteiger partial charge is 0.462 e. The number of rotatable bonds is 6. The molecule has 7 heteroatoms. The van der Waals surface area contributed by atoms with Crippen LogP contribution in [0, 0.1) is 13.8 Å². The number of aryl methyl sites for hydroxylation is 1. The number of nitrogens with zero attached hydrogens (tertiary/aromatic N) is 3. The minimum Gasteiger partial charge on any atom is -0.462 e. The number of benzene rings is 1. The molecule has 1 amide bonds. The van der Waals surface area contributed by atoms with E-state index >= 15 is 0 Å². The molecule has 0 saturated carbocycles. The normalized spacial score (nSPS) is 10.9. The first-order valence-electron chi connectivity index (χ1n) is 9.21. The molecule has 29 heavy (non-hydrogen) atoms. The first-order valence-corrected chi connectivity index (χ1v) is 9.21. The second-order valence-electron chi connectivity index (χ2n) is 6.37. The number of ether oxygens (including phenoxy) is 1. The lowest BCUT2D eigenvalue weighted by Crippen LogP contribution is -2.17. The van der Waals surface area contributed by atoms with Gasteiger partial charge in [0.25, 0.3) is 5.91 Å². The summed E-state index contributed by atoms with van der Waals surface area (Å²) in [5, 5.41) is 4.06. The Morgan fingerprint density at radius 2 is 1.93 bits per heavy atom. The number of carbonyl (C=O) groups is 2. The van der Waals surface area contributed by atoms with Gasteiger partial charge in [0, 0.05) is 35.0 Å². The molecule has 0 spiro atoms. The number of carbonyl (C=O) groups excluding carboxylic acids is 2. The summed E-state index contributed by atoms with van der Waals surface area (Å²) in [6.45, 7) is 6.08. The van der Waals surface area contributed by atoms with Gasteiger partial charge in [-0.1, -0.05) is 0 Å². The van der Waals surface area contributed by atoms with Crippen molar-refractivity contribution < 1.29 is 14.3 Å². The summed E-state index contributed by atoms with van der Waals surface area (Å²) in [5.41, 5.74) is 7.23. The van der Waals surface area contributed by atoms with E-state index in [4.69, 9.17) is 4.74 Å². The van der Waals surface area contributed by atoms with Gasteiger partial charge in [0.05, 0.1) is 23.9 Å². The van der Waals surface area contributed by atoms with Crippen LogP contribution >= 0.6 is 0 Å². The Balaban J connectivity index is 1.76. The summed E-state index contributed by atoms with van der Waals surface area (Å²) in [4.78, 5) is 27.8. The molecule has 3 rings (SSSR count). The second kappa shape index (κ2) is 8.97. The third-order valence-electron chi connectivity index (χ3n) is 4.40. The van der Waals surface area contributed by atoms with Crippen LogP contribution in [0.25, 0.3) is 5.69 Å². The maximum absolute atomic E-state index is 12.0. The molecule has 0 aliphatic carbocycles. The van der Waals surface area contributed by atoms with Gasteiger partial charge in [0.2, 0.25) is 0 Å². The van der Waals surface area contributed by atoms with Crippen molar-refractivity contribution in [3.05, 3.63) is 82.9 Å². The van der Waals surface area contributed by atoms with Crippen molar-refractivity contribution in [2.75, 3.05) is 6.61 Å². The topological polar surface area (TPSA) is 85.6 Å². The van der Waals surface area contributed by atoms with Gasteiger partial charge < -0.3 is 9.30 Å². The van der Waals surface area contributed by atoms with E-state index < -0.39 is 0 Å². The molecule has 148 valence electrons. The first-order chi connectivity index (χ1) is 14.0. The number of aromatic nitrogens is 2. The third-order valence-corrected chi connectivity index (χ3v) is 4.40. The molecule has 0 saturated heterocycles. The minimum absolute atomic E-state index is 0.322. The molecule has 1 aromatic carbocycles. The number of nitrogens with one attached hydrogen (secondary N) is 1. The van der Waals surface area contributed by atoms with Gasteiger partial charge in [0.15, 0.2) is 0 Å². The Kier molecular flexibility index (Phi) is 6.19. The summed E-state index contributed by atoms with van der Waals surface area (Å²) >= 11 is 0. The van der Waals surface area contributed by atoms with E-state index in [-0.39, 0.29) is 11.9 Å². The number of hydrogen-bond acceptors (Lipinski definition) is 5. The molecule has 3 aromatic rings. The summed E-state index contributed by atoms with van der Waals surface area (Å²) in [7, 11) is 0. The summed E-state index contributed by atoms with van der Waals surface area (Å²) in [5.74, 6) is -0.658. The molecule has 0 bridgehead atoms. The molecule has 2 aromatic heterocycles. The lowest BCUT2D eigenvalue weighted by Gasteiger charge is -2.10. The Morgan fingerprint density at radius 1 is 1.17 bits per heavy atom. The lowest BCUT2D eigenvalue weighted by atomic mass is 10.2. The van der Waals surface area contributed by atoms with Gasteiger partial charge >= 0.3 is 5.97 Å². The van der Waals surface area contributed by atoms with Crippen LogP contribution in [0.2, 0.25) is 0 Å². The predicted octanol–water partition coefficient (Wildman–Crippen LogP) is 3.43. The van der Waals surface area contributed by atoms with Crippen molar-refractivity contribution in [2.24, 2.45) is 5.10 Å². The molecule has 0 aliphatic heterocycles. The zero-order valence-corrected chi connectivity index (χ0v) is 16.5. The molecular weight excluding hydrogens is 368 g/mol. The highest BCUT2D eigenvalue weighted by Gasteiger charge is 2.11. The highest BCUT2D eigenvalue weighted by atomic mass is 16.5. The average Bonchev–Trinajstić information content (AvgIpc) is 3.02. The number of esters is 1. The summed E-state index contributed by atoms with van der Waals surface area (Å²) in [6.07, 6.45) is 4.70. The van der Waals surface area contributed by atoms with Crippen LogP contribution in [0.1, 0.15) is 44.6 Å². The predicted molar refractivity (Wildman–Crippen MR) is 110 cm³/mol. The molecule has 0 atom stereocenters. The van der Waals surface area contributed by atoms with Gasteiger partial charge in [-0.3, -0.25) is 9.78 Å². The van der Waals surface area contributed by atoms with Gasteiger partial charge in [-0.15, -0.1) is 0 Å². The van der Waals surface area contributed by atoms with Crippen molar-refractivity contribution in [1.29, 1.82) is 0 Å². The molecular formula is C22H22N4O3. The van der Waals surface area contributed by atoms with Crippen molar-refractivity contribution in [3.63, 3.8) is 0 Å². The van der Waals surface area contributed by atoms with E-state index in [9.17, 15) is 9.59 Å². The van der Waals surface area contributed by atoms with Crippen molar-refractivity contribution >= 4 is 18.1 Å². The number of amides is 1. The van der Waals surface area contributed by atoms with Gasteiger partial charge in [-0.2, -0.15) is 5.10 Å². The van der Waals surface area contributed by atoms with Crippen LogP contribution < -0.4 is 5.43 Å². The van der Waals surface area contributed by atoms with Crippen molar-refractivity contribution in [2.45, 2.75) is 20.8 Å². The zero-order chi connectivity index (χ0) is 20.8. The maximum Gasteiger partial charge on any atom is 0.338 e. The molecule has 1 N–H and O–H groups in total. The van der Waals surface area contributed by atoms with E-state index in [2.05, 4.69) is 20.1 Å². The number of hydrogen-bond donors (Lipinski definition) is 1. The van der Waals surface area contributed by atoms with Crippen molar-refractivity contribution in [1.82, 2.24) is 15.0 Å². The van der Waals surface area contributed by atoms with Crippen LogP contribution in [0.4, 0.5) is 0 Å². The highest BCUT2D eigenvalue weighted by molar-refractivity contribution is 5.94. The van der Waals surface area contributed by atoms with Crippen LogP contribution in [0.15, 0.2) is 60.0 Å². The minimum atomic E-state index is -0.336. The highest BCUT2D eigenvalue weighted by Crippen LogP contribution is 2.20. The molecule has 0 unspecified atom stereocenters. The smallest absolute Gasteiger partial charge is 0.338 e. The Labute approximate surface area is 169 Å². The number of hydrazone groups is 1. The van der Waals surface area contributed by atoms with Crippen molar-refractivity contribution in [3.8, 4) is 5.69 Å². The Morgan fingerprint density at radius 3 is 2.59 bits per heavy atom. The number of pyridine rings is 1. The monoisotopic (exact) mass is 390 g/mol. The fourth-order valence-corrected chi connectivity index (χ4v) is 3.00. The van der Waals surface area contributed by atoms with Gasteiger partial charge in [-0.25, -0.2) is 10.2 Å². The average molecular weight is 390 g/mol. The summed E-state index contributed by atoms with van der Waals surface area (Å²) in [6, 6.07) is 12.6. The standard InChI is InChI=1S/C22H22N4O3/c1-4-29-22(28)17-7-9-20(10-8-17)26-15(2)12-19(16(26)3)14-24-25-21(27)18-6-5-11-23-13-18/h5-14H,4H2,1-3H3,(H,25,27)/b24-14-. The van der Waals surface area contributed by atoms with E-state index in [1.54, 1.807) is 43.6 Å². The van der Waals surface area contributed by atoms with Gasteiger partial charge in [0.1, 0.15) is 0 Å². The first kappa shape index (κ1) is 20.0.